The first-order valence-corrected chi connectivity index (χ1v) is 7.09. The van der Waals surface area contributed by atoms with E-state index in [9.17, 15) is 9.59 Å². The molecule has 0 aliphatic carbocycles. The van der Waals surface area contributed by atoms with Gasteiger partial charge in [-0.3, -0.25) is 14.6 Å². The fourth-order valence-corrected chi connectivity index (χ4v) is 2.38. The van der Waals surface area contributed by atoms with Gasteiger partial charge in [0.15, 0.2) is 0 Å². The zero-order valence-electron chi connectivity index (χ0n) is 12.0. The topological polar surface area (TPSA) is 62.3 Å². The highest BCUT2D eigenvalue weighted by Crippen LogP contribution is 2.21. The van der Waals surface area contributed by atoms with Crippen LogP contribution in [0.2, 0.25) is 0 Å². The van der Waals surface area contributed by atoms with Crippen LogP contribution in [0.5, 0.6) is 0 Å². The van der Waals surface area contributed by atoms with Crippen molar-refractivity contribution >= 4 is 11.8 Å². The zero-order valence-corrected chi connectivity index (χ0v) is 12.0. The number of aromatic nitrogens is 1. The van der Waals surface area contributed by atoms with Crippen LogP contribution in [-0.2, 0) is 16.1 Å². The average molecular weight is 275 g/mol. The van der Waals surface area contributed by atoms with E-state index >= 15 is 0 Å². The summed E-state index contributed by atoms with van der Waals surface area (Å²) in [6.45, 7) is 5.01. The minimum atomic E-state index is -0.236. The maximum Gasteiger partial charge on any atom is 0.225 e. The lowest BCUT2D eigenvalue weighted by Crippen LogP contribution is -2.36. The average Bonchev–Trinajstić information content (AvgIpc) is 2.87. The van der Waals surface area contributed by atoms with Crippen LogP contribution in [0.4, 0.5) is 0 Å². The molecule has 0 spiro atoms. The first-order chi connectivity index (χ1) is 9.61. The lowest BCUT2D eigenvalue weighted by molar-refractivity contribution is -0.130. The summed E-state index contributed by atoms with van der Waals surface area (Å²) in [7, 11) is 0. The fourth-order valence-electron chi connectivity index (χ4n) is 2.38. The van der Waals surface area contributed by atoms with Crippen molar-refractivity contribution < 1.29 is 9.59 Å². The van der Waals surface area contributed by atoms with E-state index in [1.807, 2.05) is 36.9 Å². The van der Waals surface area contributed by atoms with E-state index in [2.05, 4.69) is 10.3 Å². The molecule has 1 saturated heterocycles. The number of carbonyl (C=O) groups excluding carboxylic acids is 2. The Morgan fingerprint density at radius 1 is 1.55 bits per heavy atom. The monoisotopic (exact) mass is 275 g/mol. The molecule has 2 rings (SSSR count). The first kappa shape index (κ1) is 14.5. The highest BCUT2D eigenvalue weighted by molar-refractivity contribution is 5.89. The van der Waals surface area contributed by atoms with Gasteiger partial charge in [0.2, 0.25) is 11.8 Å². The molecule has 5 nitrogen and oxygen atoms in total. The molecule has 5 heteroatoms. The Morgan fingerprint density at radius 2 is 2.35 bits per heavy atom. The SMILES string of the molecule is CCC(C)N1CC(C(=O)NCc2ccccn2)CC1=O. The Labute approximate surface area is 119 Å². The summed E-state index contributed by atoms with van der Waals surface area (Å²) in [5.41, 5.74) is 0.823. The normalized spacial score (nSPS) is 20.0. The standard InChI is InChI=1S/C15H21N3O2/c1-3-11(2)18-10-12(8-14(18)19)15(20)17-9-13-6-4-5-7-16-13/h4-7,11-12H,3,8-10H2,1-2H3,(H,17,20). The molecular formula is C15H21N3O2. The summed E-state index contributed by atoms with van der Waals surface area (Å²) in [5.74, 6) is -0.215. The van der Waals surface area contributed by atoms with Crippen molar-refractivity contribution in [1.29, 1.82) is 0 Å². The third-order valence-electron chi connectivity index (χ3n) is 3.82. The molecule has 20 heavy (non-hydrogen) atoms. The lowest BCUT2D eigenvalue weighted by Gasteiger charge is -2.23. The number of amides is 2. The van der Waals surface area contributed by atoms with Crippen LogP contribution in [0, 0.1) is 5.92 Å². The molecule has 2 unspecified atom stereocenters. The molecule has 0 radical (unpaired) electrons. The van der Waals surface area contributed by atoms with Crippen LogP contribution < -0.4 is 5.32 Å². The van der Waals surface area contributed by atoms with Crippen molar-refractivity contribution in [2.75, 3.05) is 6.54 Å². The summed E-state index contributed by atoms with van der Waals surface area (Å²) >= 11 is 0. The van der Waals surface area contributed by atoms with Crippen molar-refractivity contribution in [3.05, 3.63) is 30.1 Å². The van der Waals surface area contributed by atoms with E-state index in [1.54, 1.807) is 6.20 Å². The van der Waals surface area contributed by atoms with Crippen LogP contribution in [-0.4, -0.2) is 34.3 Å². The van der Waals surface area contributed by atoms with Gasteiger partial charge in [0, 0.05) is 25.2 Å². The molecule has 108 valence electrons. The Balaban J connectivity index is 1.86. The number of hydrogen-bond donors (Lipinski definition) is 1. The fraction of sp³-hybridized carbons (Fsp3) is 0.533. The smallest absolute Gasteiger partial charge is 0.225 e. The third kappa shape index (κ3) is 3.35. The van der Waals surface area contributed by atoms with E-state index in [0.717, 1.165) is 12.1 Å². The minimum Gasteiger partial charge on any atom is -0.350 e. The van der Waals surface area contributed by atoms with Gasteiger partial charge >= 0.3 is 0 Å². The second-order valence-corrected chi connectivity index (χ2v) is 5.24. The Hall–Kier alpha value is -1.91. The Bertz CT molecular complexity index is 475. The molecule has 1 aliphatic rings. The van der Waals surface area contributed by atoms with Crippen molar-refractivity contribution in [3.8, 4) is 0 Å². The molecule has 0 saturated carbocycles. The predicted octanol–water partition coefficient (Wildman–Crippen LogP) is 1.34. The van der Waals surface area contributed by atoms with Crippen molar-refractivity contribution in [1.82, 2.24) is 15.2 Å². The van der Waals surface area contributed by atoms with Crippen LogP contribution in [0.15, 0.2) is 24.4 Å². The van der Waals surface area contributed by atoms with Crippen molar-refractivity contribution in [2.45, 2.75) is 39.3 Å². The summed E-state index contributed by atoms with van der Waals surface area (Å²) in [4.78, 5) is 30.0. The number of likely N-dealkylation sites (tertiary alicyclic amines) is 1. The molecule has 1 aliphatic heterocycles. The molecule has 1 fully saturated rings. The van der Waals surface area contributed by atoms with Crippen LogP contribution in [0.1, 0.15) is 32.4 Å². The number of rotatable bonds is 5. The van der Waals surface area contributed by atoms with Crippen molar-refractivity contribution in [3.63, 3.8) is 0 Å². The van der Waals surface area contributed by atoms with Gasteiger partial charge in [-0.2, -0.15) is 0 Å². The maximum absolute atomic E-state index is 12.1. The van der Waals surface area contributed by atoms with Crippen LogP contribution in [0.3, 0.4) is 0 Å². The summed E-state index contributed by atoms with van der Waals surface area (Å²) < 4.78 is 0. The summed E-state index contributed by atoms with van der Waals surface area (Å²) in [6, 6.07) is 5.80. The van der Waals surface area contributed by atoms with Gasteiger partial charge in [-0.05, 0) is 25.5 Å². The number of carbonyl (C=O) groups is 2. The highest BCUT2D eigenvalue weighted by atomic mass is 16.2. The molecule has 1 N–H and O–H groups in total. The highest BCUT2D eigenvalue weighted by Gasteiger charge is 2.35. The van der Waals surface area contributed by atoms with E-state index in [0.29, 0.717) is 19.5 Å². The van der Waals surface area contributed by atoms with Gasteiger partial charge in [-0.15, -0.1) is 0 Å². The Kier molecular flexibility index (Phi) is 4.71. The van der Waals surface area contributed by atoms with Gasteiger partial charge in [-0.1, -0.05) is 13.0 Å². The molecule has 2 atom stereocenters. The second-order valence-electron chi connectivity index (χ2n) is 5.24. The van der Waals surface area contributed by atoms with Crippen molar-refractivity contribution in [2.24, 2.45) is 5.92 Å². The third-order valence-corrected chi connectivity index (χ3v) is 3.82. The van der Waals surface area contributed by atoms with Gasteiger partial charge in [-0.25, -0.2) is 0 Å². The van der Waals surface area contributed by atoms with E-state index in [1.165, 1.54) is 0 Å². The molecule has 1 aromatic heterocycles. The Morgan fingerprint density at radius 3 is 3.00 bits per heavy atom. The maximum atomic E-state index is 12.1. The molecule has 0 aromatic carbocycles. The van der Waals surface area contributed by atoms with E-state index in [4.69, 9.17) is 0 Å². The lowest BCUT2D eigenvalue weighted by atomic mass is 10.1. The molecular weight excluding hydrogens is 254 g/mol. The van der Waals surface area contributed by atoms with Gasteiger partial charge < -0.3 is 10.2 Å². The van der Waals surface area contributed by atoms with E-state index in [-0.39, 0.29) is 23.8 Å². The predicted molar refractivity (Wildman–Crippen MR) is 75.7 cm³/mol. The molecule has 2 heterocycles. The summed E-state index contributed by atoms with van der Waals surface area (Å²) in [6.07, 6.45) is 2.93. The van der Waals surface area contributed by atoms with Gasteiger partial charge in [0.05, 0.1) is 18.2 Å². The van der Waals surface area contributed by atoms with Crippen LogP contribution >= 0.6 is 0 Å². The quantitative estimate of drug-likeness (QED) is 0.882. The number of hydrogen-bond acceptors (Lipinski definition) is 3. The first-order valence-electron chi connectivity index (χ1n) is 7.09. The zero-order chi connectivity index (χ0) is 14.5. The second kappa shape index (κ2) is 6.50. The molecule has 0 bridgehead atoms. The largest absolute Gasteiger partial charge is 0.350 e. The number of nitrogens with one attached hydrogen (secondary N) is 1. The van der Waals surface area contributed by atoms with Crippen LogP contribution in [0.25, 0.3) is 0 Å². The number of pyridine rings is 1. The van der Waals surface area contributed by atoms with Gasteiger partial charge in [0.1, 0.15) is 0 Å². The van der Waals surface area contributed by atoms with E-state index < -0.39 is 0 Å². The summed E-state index contributed by atoms with van der Waals surface area (Å²) in [5, 5.41) is 2.86. The molecule has 2 amide bonds. The minimum absolute atomic E-state index is 0.0604. The van der Waals surface area contributed by atoms with Gasteiger partial charge in [0.25, 0.3) is 0 Å². The number of nitrogens with zero attached hydrogens (tertiary/aromatic N) is 2. The molecule has 1 aromatic rings.